The second-order valence-electron chi connectivity index (χ2n) is 7.63. The SMILES string of the molecule is CC(C)C(=O)N1CCC(NC(=O)Nc2cccc(COCc3ccco3)c2)CC1. The van der Waals surface area contributed by atoms with E-state index in [4.69, 9.17) is 9.15 Å². The summed E-state index contributed by atoms with van der Waals surface area (Å²) in [5.74, 6) is 0.969. The van der Waals surface area contributed by atoms with Gasteiger partial charge in [0.15, 0.2) is 0 Å². The molecule has 7 heteroatoms. The lowest BCUT2D eigenvalue weighted by Gasteiger charge is -2.33. The fraction of sp³-hybridized carbons (Fsp3) is 0.455. The summed E-state index contributed by atoms with van der Waals surface area (Å²) < 4.78 is 10.9. The number of anilines is 1. The van der Waals surface area contributed by atoms with E-state index in [1.807, 2.05) is 55.1 Å². The van der Waals surface area contributed by atoms with E-state index in [1.165, 1.54) is 0 Å². The van der Waals surface area contributed by atoms with Crippen molar-refractivity contribution < 1.29 is 18.7 Å². The molecular weight excluding hydrogens is 370 g/mol. The van der Waals surface area contributed by atoms with Gasteiger partial charge < -0.3 is 24.7 Å². The van der Waals surface area contributed by atoms with Crippen LogP contribution >= 0.6 is 0 Å². The molecule has 1 fully saturated rings. The molecule has 0 unspecified atom stereocenters. The number of benzene rings is 1. The van der Waals surface area contributed by atoms with Gasteiger partial charge in [-0.25, -0.2) is 4.79 Å². The number of amides is 3. The molecule has 0 saturated carbocycles. The van der Waals surface area contributed by atoms with Crippen molar-refractivity contribution in [3.8, 4) is 0 Å². The van der Waals surface area contributed by atoms with Crippen LogP contribution in [0.2, 0.25) is 0 Å². The van der Waals surface area contributed by atoms with Crippen LogP contribution < -0.4 is 10.6 Å². The van der Waals surface area contributed by atoms with Crippen LogP contribution in [0.15, 0.2) is 47.1 Å². The second kappa shape index (κ2) is 10.1. The summed E-state index contributed by atoms with van der Waals surface area (Å²) in [5.41, 5.74) is 1.68. The van der Waals surface area contributed by atoms with Crippen molar-refractivity contribution >= 4 is 17.6 Å². The molecule has 3 rings (SSSR count). The number of carbonyl (C=O) groups is 2. The van der Waals surface area contributed by atoms with E-state index in [9.17, 15) is 9.59 Å². The third-order valence-electron chi connectivity index (χ3n) is 4.91. The van der Waals surface area contributed by atoms with Gasteiger partial charge in [0.25, 0.3) is 0 Å². The fourth-order valence-electron chi connectivity index (χ4n) is 3.36. The molecule has 156 valence electrons. The number of piperidine rings is 1. The van der Waals surface area contributed by atoms with Crippen molar-refractivity contribution in [3.63, 3.8) is 0 Å². The van der Waals surface area contributed by atoms with Crippen LogP contribution in [0.3, 0.4) is 0 Å². The number of urea groups is 1. The van der Waals surface area contributed by atoms with E-state index in [0.717, 1.165) is 24.2 Å². The molecule has 1 aromatic carbocycles. The highest BCUT2D eigenvalue weighted by molar-refractivity contribution is 5.89. The molecule has 0 bridgehead atoms. The Morgan fingerprint density at radius 2 is 1.97 bits per heavy atom. The Hall–Kier alpha value is -2.80. The van der Waals surface area contributed by atoms with Gasteiger partial charge in [0.2, 0.25) is 5.91 Å². The fourth-order valence-corrected chi connectivity index (χ4v) is 3.36. The first-order chi connectivity index (χ1) is 14.0. The highest BCUT2D eigenvalue weighted by atomic mass is 16.5. The minimum Gasteiger partial charge on any atom is -0.467 e. The van der Waals surface area contributed by atoms with Gasteiger partial charge in [-0.05, 0) is 42.7 Å². The number of hydrogen-bond acceptors (Lipinski definition) is 4. The van der Waals surface area contributed by atoms with Crippen molar-refractivity contribution in [2.24, 2.45) is 5.92 Å². The maximum absolute atomic E-state index is 12.3. The zero-order valence-corrected chi connectivity index (χ0v) is 17.0. The van der Waals surface area contributed by atoms with Gasteiger partial charge in [0.1, 0.15) is 12.4 Å². The van der Waals surface area contributed by atoms with Crippen molar-refractivity contribution in [1.82, 2.24) is 10.2 Å². The molecule has 7 nitrogen and oxygen atoms in total. The Morgan fingerprint density at radius 1 is 1.17 bits per heavy atom. The molecule has 2 N–H and O–H groups in total. The molecule has 0 aliphatic carbocycles. The Balaban J connectivity index is 1.42. The summed E-state index contributed by atoms with van der Waals surface area (Å²) in [6.07, 6.45) is 3.16. The standard InChI is InChI=1S/C22H29N3O4/c1-16(2)21(26)25-10-8-18(9-11-25)23-22(27)24-19-6-3-5-17(13-19)14-28-15-20-7-4-12-29-20/h3-7,12-13,16,18H,8-11,14-15H2,1-2H3,(H2,23,24,27). The molecule has 1 saturated heterocycles. The van der Waals surface area contributed by atoms with Crippen LogP contribution in [0.1, 0.15) is 38.0 Å². The zero-order chi connectivity index (χ0) is 20.6. The Bertz CT molecular complexity index is 796. The minimum absolute atomic E-state index is 0.0122. The van der Waals surface area contributed by atoms with Gasteiger partial charge >= 0.3 is 6.03 Å². The molecule has 2 aromatic rings. The van der Waals surface area contributed by atoms with Crippen LogP contribution in [0, 0.1) is 5.92 Å². The molecule has 0 radical (unpaired) electrons. The van der Waals surface area contributed by atoms with Gasteiger partial charge in [-0.3, -0.25) is 4.79 Å². The number of carbonyl (C=O) groups excluding carboxylic acids is 2. The normalized spacial score (nSPS) is 14.8. The van der Waals surface area contributed by atoms with Crippen LogP contribution in [0.4, 0.5) is 10.5 Å². The molecule has 3 amide bonds. The number of likely N-dealkylation sites (tertiary alicyclic amines) is 1. The second-order valence-corrected chi connectivity index (χ2v) is 7.63. The number of hydrogen-bond donors (Lipinski definition) is 2. The highest BCUT2D eigenvalue weighted by Gasteiger charge is 2.25. The topological polar surface area (TPSA) is 83.8 Å². The van der Waals surface area contributed by atoms with E-state index in [0.29, 0.717) is 32.0 Å². The summed E-state index contributed by atoms with van der Waals surface area (Å²) in [4.78, 5) is 26.3. The van der Waals surface area contributed by atoms with Gasteiger partial charge in [-0.2, -0.15) is 0 Å². The van der Waals surface area contributed by atoms with Gasteiger partial charge in [-0.1, -0.05) is 26.0 Å². The Morgan fingerprint density at radius 3 is 2.66 bits per heavy atom. The minimum atomic E-state index is -0.229. The highest BCUT2D eigenvalue weighted by Crippen LogP contribution is 2.15. The quantitative estimate of drug-likeness (QED) is 0.742. The third kappa shape index (κ3) is 6.35. The Kier molecular flexibility index (Phi) is 7.30. The van der Waals surface area contributed by atoms with E-state index in [-0.39, 0.29) is 23.9 Å². The predicted octanol–water partition coefficient (Wildman–Crippen LogP) is 3.76. The maximum atomic E-state index is 12.3. The van der Waals surface area contributed by atoms with E-state index in [1.54, 1.807) is 6.26 Å². The lowest BCUT2D eigenvalue weighted by atomic mass is 10.0. The van der Waals surface area contributed by atoms with Crippen molar-refractivity contribution in [2.75, 3.05) is 18.4 Å². The van der Waals surface area contributed by atoms with Gasteiger partial charge in [0, 0.05) is 30.7 Å². The third-order valence-corrected chi connectivity index (χ3v) is 4.91. The first-order valence-corrected chi connectivity index (χ1v) is 10.1. The number of rotatable bonds is 7. The monoisotopic (exact) mass is 399 g/mol. The van der Waals surface area contributed by atoms with Crippen molar-refractivity contribution in [1.29, 1.82) is 0 Å². The summed E-state index contributed by atoms with van der Waals surface area (Å²) in [6, 6.07) is 11.1. The average Bonchev–Trinajstić information content (AvgIpc) is 3.22. The van der Waals surface area contributed by atoms with E-state index in [2.05, 4.69) is 10.6 Å². The first-order valence-electron chi connectivity index (χ1n) is 10.1. The molecule has 1 aromatic heterocycles. The number of nitrogens with zero attached hydrogens (tertiary/aromatic N) is 1. The van der Waals surface area contributed by atoms with Gasteiger partial charge in [-0.15, -0.1) is 0 Å². The molecule has 1 aliphatic heterocycles. The van der Waals surface area contributed by atoms with E-state index >= 15 is 0 Å². The molecular formula is C22H29N3O4. The summed E-state index contributed by atoms with van der Waals surface area (Å²) in [6.45, 7) is 6.03. The largest absolute Gasteiger partial charge is 0.467 e. The Labute approximate surface area is 171 Å². The van der Waals surface area contributed by atoms with E-state index < -0.39 is 0 Å². The molecule has 0 atom stereocenters. The molecule has 0 spiro atoms. The maximum Gasteiger partial charge on any atom is 0.319 e. The summed E-state index contributed by atoms with van der Waals surface area (Å²) in [5, 5.41) is 5.89. The van der Waals surface area contributed by atoms with Crippen LogP contribution in [-0.2, 0) is 22.7 Å². The van der Waals surface area contributed by atoms with Crippen molar-refractivity contribution in [2.45, 2.75) is 45.9 Å². The van der Waals surface area contributed by atoms with Crippen molar-refractivity contribution in [3.05, 3.63) is 54.0 Å². The summed E-state index contributed by atoms with van der Waals surface area (Å²) >= 11 is 0. The zero-order valence-electron chi connectivity index (χ0n) is 17.0. The number of furan rings is 1. The lowest BCUT2D eigenvalue weighted by molar-refractivity contribution is -0.135. The lowest BCUT2D eigenvalue weighted by Crippen LogP contribution is -2.48. The molecule has 2 heterocycles. The first kappa shape index (κ1) is 20.9. The van der Waals surface area contributed by atoms with Crippen LogP contribution in [-0.4, -0.2) is 36.0 Å². The molecule has 29 heavy (non-hydrogen) atoms. The number of nitrogens with one attached hydrogen (secondary N) is 2. The molecule has 1 aliphatic rings. The summed E-state index contributed by atoms with van der Waals surface area (Å²) in [7, 11) is 0. The average molecular weight is 399 g/mol. The number of ether oxygens (including phenoxy) is 1. The van der Waals surface area contributed by atoms with Crippen LogP contribution in [0.25, 0.3) is 0 Å². The predicted molar refractivity (Wildman–Crippen MR) is 110 cm³/mol. The van der Waals surface area contributed by atoms with Gasteiger partial charge in [0.05, 0.1) is 12.9 Å². The smallest absolute Gasteiger partial charge is 0.319 e. The van der Waals surface area contributed by atoms with Crippen LogP contribution in [0.5, 0.6) is 0 Å².